The van der Waals surface area contributed by atoms with Crippen molar-refractivity contribution in [1.82, 2.24) is 5.32 Å². The van der Waals surface area contributed by atoms with Gasteiger partial charge in [0.1, 0.15) is 12.4 Å². The molecule has 0 unspecified atom stereocenters. The van der Waals surface area contributed by atoms with E-state index >= 15 is 0 Å². The van der Waals surface area contributed by atoms with Gasteiger partial charge >= 0.3 is 0 Å². The average Bonchev–Trinajstić information content (AvgIpc) is 2.21. The molecule has 1 aromatic carbocycles. The maximum atomic E-state index is 5.89. The van der Waals surface area contributed by atoms with Gasteiger partial charge < -0.3 is 10.1 Å². The van der Waals surface area contributed by atoms with Crippen LogP contribution >= 0.6 is 23.2 Å². The summed E-state index contributed by atoms with van der Waals surface area (Å²) in [5.41, 5.74) is 1.04. The number of hydrogen-bond acceptors (Lipinski definition) is 2. The van der Waals surface area contributed by atoms with Gasteiger partial charge in [-0.1, -0.05) is 29.8 Å². The van der Waals surface area contributed by atoms with Crippen molar-refractivity contribution < 1.29 is 4.74 Å². The Morgan fingerprint density at radius 2 is 1.78 bits per heavy atom. The van der Waals surface area contributed by atoms with Crippen molar-refractivity contribution in [3.05, 3.63) is 40.4 Å². The van der Waals surface area contributed by atoms with E-state index in [0.717, 1.165) is 12.1 Å². The highest BCUT2D eigenvalue weighted by Crippen LogP contribution is 2.24. The lowest BCUT2D eigenvalue weighted by Crippen LogP contribution is -2.37. The van der Waals surface area contributed by atoms with E-state index in [1.807, 2.05) is 0 Å². The monoisotopic (exact) mass is 287 g/mol. The molecule has 0 saturated carbocycles. The van der Waals surface area contributed by atoms with Crippen molar-refractivity contribution in [3.63, 3.8) is 0 Å². The molecular weight excluding hydrogens is 269 g/mol. The Morgan fingerprint density at radius 3 is 2.28 bits per heavy atom. The second kappa shape index (κ2) is 6.46. The van der Waals surface area contributed by atoms with Crippen LogP contribution in [0.1, 0.15) is 20.8 Å². The van der Waals surface area contributed by atoms with Crippen molar-refractivity contribution in [2.75, 3.05) is 13.2 Å². The molecule has 0 saturated heterocycles. The van der Waals surface area contributed by atoms with Crippen molar-refractivity contribution >= 4 is 23.2 Å². The van der Waals surface area contributed by atoms with Gasteiger partial charge in [-0.2, -0.15) is 0 Å². The molecular formula is C14H19Cl2NO. The van der Waals surface area contributed by atoms with E-state index in [4.69, 9.17) is 27.9 Å². The molecule has 0 atom stereocenters. The molecule has 0 radical (unpaired) electrons. The highest BCUT2D eigenvalue weighted by molar-refractivity contribution is 6.34. The molecule has 0 aromatic heterocycles. The zero-order chi connectivity index (χ0) is 13.8. The summed E-state index contributed by atoms with van der Waals surface area (Å²) < 4.78 is 5.59. The highest BCUT2D eigenvalue weighted by Gasteiger charge is 2.09. The summed E-state index contributed by atoms with van der Waals surface area (Å²) in [5.74, 6) is 0.657. The Kier molecular flexibility index (Phi) is 5.51. The SMILES string of the molecule is C=C(CNC(C)(C)C)COc1cc(Cl)cc(Cl)c1. The Labute approximate surface area is 119 Å². The lowest BCUT2D eigenvalue weighted by molar-refractivity contribution is 0.341. The maximum Gasteiger partial charge on any atom is 0.122 e. The largest absolute Gasteiger partial charge is 0.489 e. The Bertz CT molecular complexity index is 404. The number of halogens is 2. The van der Waals surface area contributed by atoms with Crippen LogP contribution in [-0.2, 0) is 0 Å². The van der Waals surface area contributed by atoms with Gasteiger partial charge in [-0.05, 0) is 44.5 Å². The fourth-order valence-corrected chi connectivity index (χ4v) is 1.74. The fraction of sp³-hybridized carbons (Fsp3) is 0.429. The molecule has 0 bridgehead atoms. The molecule has 0 fully saturated rings. The highest BCUT2D eigenvalue weighted by atomic mass is 35.5. The van der Waals surface area contributed by atoms with E-state index in [1.165, 1.54) is 0 Å². The molecule has 0 heterocycles. The molecule has 0 spiro atoms. The van der Waals surface area contributed by atoms with Crippen LogP contribution in [-0.4, -0.2) is 18.7 Å². The molecule has 0 aliphatic heterocycles. The Balaban J connectivity index is 2.43. The minimum absolute atomic E-state index is 0.0717. The van der Waals surface area contributed by atoms with Crippen LogP contribution in [0.15, 0.2) is 30.4 Å². The first-order chi connectivity index (χ1) is 8.26. The summed E-state index contributed by atoms with van der Waals surface area (Å²) in [7, 11) is 0. The average molecular weight is 288 g/mol. The smallest absolute Gasteiger partial charge is 0.122 e. The van der Waals surface area contributed by atoms with Gasteiger partial charge in [0.25, 0.3) is 0 Å². The number of rotatable bonds is 5. The minimum Gasteiger partial charge on any atom is -0.489 e. The molecule has 100 valence electrons. The van der Waals surface area contributed by atoms with Crippen molar-refractivity contribution in [1.29, 1.82) is 0 Å². The molecule has 4 heteroatoms. The quantitative estimate of drug-likeness (QED) is 0.815. The fourth-order valence-electron chi connectivity index (χ4n) is 1.24. The van der Waals surface area contributed by atoms with E-state index < -0.39 is 0 Å². The van der Waals surface area contributed by atoms with Gasteiger partial charge in [-0.15, -0.1) is 0 Å². The summed E-state index contributed by atoms with van der Waals surface area (Å²) >= 11 is 11.8. The summed E-state index contributed by atoms with van der Waals surface area (Å²) in [4.78, 5) is 0. The lowest BCUT2D eigenvalue weighted by atomic mass is 10.1. The number of ether oxygens (including phenoxy) is 1. The molecule has 1 aromatic rings. The zero-order valence-corrected chi connectivity index (χ0v) is 12.5. The molecule has 18 heavy (non-hydrogen) atoms. The van der Waals surface area contributed by atoms with Crippen LogP contribution in [0, 0.1) is 0 Å². The van der Waals surface area contributed by atoms with Gasteiger partial charge in [0.2, 0.25) is 0 Å². The molecule has 0 aliphatic carbocycles. The van der Waals surface area contributed by atoms with E-state index in [9.17, 15) is 0 Å². The third-order valence-corrected chi connectivity index (χ3v) is 2.58. The van der Waals surface area contributed by atoms with Crippen LogP contribution in [0.4, 0.5) is 0 Å². The van der Waals surface area contributed by atoms with E-state index in [2.05, 4.69) is 32.7 Å². The third kappa shape index (κ3) is 6.29. The topological polar surface area (TPSA) is 21.3 Å². The zero-order valence-electron chi connectivity index (χ0n) is 11.0. The predicted octanol–water partition coefficient (Wildman–Crippen LogP) is 4.32. The van der Waals surface area contributed by atoms with Crippen molar-refractivity contribution in [3.8, 4) is 5.75 Å². The first kappa shape index (κ1) is 15.4. The van der Waals surface area contributed by atoms with Gasteiger partial charge in [0.15, 0.2) is 0 Å². The molecule has 0 amide bonds. The van der Waals surface area contributed by atoms with Gasteiger partial charge in [-0.25, -0.2) is 0 Å². The number of hydrogen-bond donors (Lipinski definition) is 1. The summed E-state index contributed by atoms with van der Waals surface area (Å²) in [6, 6.07) is 5.14. The standard InChI is InChI=1S/C14H19Cl2NO/c1-10(8-17-14(2,3)4)9-18-13-6-11(15)5-12(16)7-13/h5-7,17H,1,8-9H2,2-4H3. The minimum atomic E-state index is 0.0717. The third-order valence-electron chi connectivity index (χ3n) is 2.15. The van der Waals surface area contributed by atoms with E-state index in [-0.39, 0.29) is 5.54 Å². The maximum absolute atomic E-state index is 5.89. The van der Waals surface area contributed by atoms with Crippen LogP contribution in [0.5, 0.6) is 5.75 Å². The second-order valence-electron chi connectivity index (χ2n) is 5.25. The van der Waals surface area contributed by atoms with Crippen LogP contribution in [0.2, 0.25) is 10.0 Å². The molecule has 1 rings (SSSR count). The number of benzene rings is 1. The van der Waals surface area contributed by atoms with Crippen molar-refractivity contribution in [2.45, 2.75) is 26.3 Å². The first-order valence-electron chi connectivity index (χ1n) is 5.77. The predicted molar refractivity (Wildman–Crippen MR) is 78.9 cm³/mol. The first-order valence-corrected chi connectivity index (χ1v) is 6.52. The van der Waals surface area contributed by atoms with Gasteiger partial charge in [-0.3, -0.25) is 0 Å². The number of nitrogens with one attached hydrogen (secondary N) is 1. The van der Waals surface area contributed by atoms with Crippen LogP contribution < -0.4 is 10.1 Å². The van der Waals surface area contributed by atoms with Crippen LogP contribution in [0.25, 0.3) is 0 Å². The molecule has 0 aliphatic rings. The normalized spacial score (nSPS) is 11.4. The summed E-state index contributed by atoms with van der Waals surface area (Å²) in [6.45, 7) is 11.5. The van der Waals surface area contributed by atoms with Crippen LogP contribution in [0.3, 0.4) is 0 Å². The summed E-state index contributed by atoms with van der Waals surface area (Å²) in [5, 5.41) is 4.48. The Hall–Kier alpha value is -0.700. The Morgan fingerprint density at radius 1 is 1.22 bits per heavy atom. The second-order valence-corrected chi connectivity index (χ2v) is 6.12. The molecule has 2 nitrogen and oxygen atoms in total. The lowest BCUT2D eigenvalue weighted by Gasteiger charge is -2.21. The van der Waals surface area contributed by atoms with Gasteiger partial charge in [0.05, 0.1) is 0 Å². The van der Waals surface area contributed by atoms with E-state index in [0.29, 0.717) is 22.4 Å². The summed E-state index contributed by atoms with van der Waals surface area (Å²) in [6.07, 6.45) is 0. The van der Waals surface area contributed by atoms with E-state index in [1.54, 1.807) is 18.2 Å². The molecule has 1 N–H and O–H groups in total. The van der Waals surface area contributed by atoms with Gasteiger partial charge in [0, 0.05) is 22.1 Å². The van der Waals surface area contributed by atoms with Crippen molar-refractivity contribution in [2.24, 2.45) is 0 Å².